The first-order valence-corrected chi connectivity index (χ1v) is 9.09. The van der Waals surface area contributed by atoms with E-state index >= 15 is 0 Å². The number of hydrogen-bond donors (Lipinski definition) is 1. The maximum atomic E-state index is 12.9. The fourth-order valence-electron chi connectivity index (χ4n) is 4.94. The lowest BCUT2D eigenvalue weighted by molar-refractivity contribution is -0.156. The van der Waals surface area contributed by atoms with Gasteiger partial charge in [-0.1, -0.05) is 38.8 Å². The number of rotatable bonds is 2. The Morgan fingerprint density at radius 2 is 1.96 bits per heavy atom. The summed E-state index contributed by atoms with van der Waals surface area (Å²) in [5.74, 6) is -0.684. The van der Waals surface area contributed by atoms with Gasteiger partial charge >= 0.3 is 5.97 Å². The van der Waals surface area contributed by atoms with Crippen LogP contribution in [0.3, 0.4) is 0 Å². The number of fused-ring (bicyclic) bond motifs is 3. The third kappa shape index (κ3) is 2.32. The lowest BCUT2D eigenvalue weighted by Gasteiger charge is -2.53. The van der Waals surface area contributed by atoms with E-state index in [0.29, 0.717) is 29.3 Å². The van der Waals surface area contributed by atoms with Gasteiger partial charge in [0.05, 0.1) is 5.41 Å². The third-order valence-electron chi connectivity index (χ3n) is 6.46. The molecule has 0 bridgehead atoms. The lowest BCUT2D eigenvalue weighted by Crippen LogP contribution is -2.53. The predicted octanol–water partition coefficient (Wildman–Crippen LogP) is 5.20. The molecular formula is C20H25ClO3. The monoisotopic (exact) mass is 348 g/mol. The van der Waals surface area contributed by atoms with Crippen LogP contribution in [0, 0.1) is 11.3 Å². The summed E-state index contributed by atoms with van der Waals surface area (Å²) in [5.41, 5.74) is 1.41. The number of carbonyl (C=O) groups is 2. The summed E-state index contributed by atoms with van der Waals surface area (Å²) < 4.78 is 0. The second-order valence-corrected chi connectivity index (χ2v) is 8.66. The minimum atomic E-state index is -0.875. The van der Waals surface area contributed by atoms with Gasteiger partial charge in [-0.2, -0.15) is 0 Å². The molecule has 0 saturated heterocycles. The molecule has 0 amide bonds. The van der Waals surface area contributed by atoms with Gasteiger partial charge in [0, 0.05) is 17.0 Å². The van der Waals surface area contributed by atoms with Gasteiger partial charge in [0.25, 0.3) is 0 Å². The van der Waals surface area contributed by atoms with Gasteiger partial charge in [-0.3, -0.25) is 9.59 Å². The molecule has 1 N–H and O–H groups in total. The van der Waals surface area contributed by atoms with Gasteiger partial charge in [0.15, 0.2) is 5.78 Å². The van der Waals surface area contributed by atoms with E-state index < -0.39 is 11.4 Å². The minimum Gasteiger partial charge on any atom is -0.481 e. The molecular weight excluding hydrogens is 324 g/mol. The van der Waals surface area contributed by atoms with E-state index in [1.807, 2.05) is 12.1 Å². The Hall–Kier alpha value is -1.35. The van der Waals surface area contributed by atoms with Crippen molar-refractivity contribution >= 4 is 23.4 Å². The van der Waals surface area contributed by atoms with Crippen LogP contribution in [0.2, 0.25) is 5.02 Å². The number of carboxylic acids is 1. The molecule has 3 atom stereocenters. The van der Waals surface area contributed by atoms with Crippen LogP contribution in [0.25, 0.3) is 0 Å². The number of carbonyl (C=O) groups excluding carboxylic acids is 1. The molecule has 0 aliphatic heterocycles. The number of carboxylic acid groups (broad SMARTS) is 1. The first-order valence-electron chi connectivity index (χ1n) is 8.72. The largest absolute Gasteiger partial charge is 0.481 e. The van der Waals surface area contributed by atoms with E-state index in [0.717, 1.165) is 24.0 Å². The van der Waals surface area contributed by atoms with Gasteiger partial charge < -0.3 is 5.11 Å². The van der Waals surface area contributed by atoms with Crippen molar-refractivity contribution < 1.29 is 14.7 Å². The van der Waals surface area contributed by atoms with E-state index in [4.69, 9.17) is 11.6 Å². The number of halogens is 1. The summed E-state index contributed by atoms with van der Waals surface area (Å²) in [5, 5.41) is 10.4. The van der Waals surface area contributed by atoms with E-state index in [-0.39, 0.29) is 17.1 Å². The van der Waals surface area contributed by atoms with Crippen LogP contribution in [-0.2, 0) is 10.2 Å². The van der Waals surface area contributed by atoms with Gasteiger partial charge in [-0.25, -0.2) is 0 Å². The highest BCUT2D eigenvalue weighted by molar-refractivity contribution is 6.32. The Morgan fingerprint density at radius 3 is 2.54 bits per heavy atom. The Bertz CT molecular complexity index is 724. The summed E-state index contributed by atoms with van der Waals surface area (Å²) in [6.45, 7) is 8.06. The van der Waals surface area contributed by atoms with Crippen LogP contribution in [0.15, 0.2) is 12.1 Å². The van der Waals surface area contributed by atoms with E-state index in [1.165, 1.54) is 0 Å². The molecule has 3 nitrogen and oxygen atoms in total. The number of ketones is 1. The molecule has 1 aromatic carbocycles. The number of benzene rings is 1. The maximum absolute atomic E-state index is 12.9. The minimum absolute atomic E-state index is 0.0336. The molecule has 1 fully saturated rings. The molecule has 2 aliphatic carbocycles. The number of aliphatic carboxylic acids is 1. The summed E-state index contributed by atoms with van der Waals surface area (Å²) in [6.07, 6.45) is 2.63. The highest BCUT2D eigenvalue weighted by atomic mass is 35.5. The molecule has 4 heteroatoms. The third-order valence-corrected chi connectivity index (χ3v) is 6.76. The summed E-state index contributed by atoms with van der Waals surface area (Å²) >= 11 is 6.64. The van der Waals surface area contributed by atoms with Crippen molar-refractivity contribution in [3.8, 4) is 0 Å². The Labute approximate surface area is 148 Å². The highest BCUT2D eigenvalue weighted by Gasteiger charge is 2.57. The number of hydrogen-bond acceptors (Lipinski definition) is 2. The Kier molecular flexibility index (Phi) is 4.07. The smallest absolute Gasteiger partial charge is 0.309 e. The van der Waals surface area contributed by atoms with Gasteiger partial charge in [-0.05, 0) is 60.3 Å². The van der Waals surface area contributed by atoms with Crippen molar-refractivity contribution in [3.05, 3.63) is 33.8 Å². The highest BCUT2D eigenvalue weighted by Crippen LogP contribution is 2.58. The Balaban J connectivity index is 2.23. The van der Waals surface area contributed by atoms with E-state index in [2.05, 4.69) is 20.8 Å². The molecule has 0 unspecified atom stereocenters. The van der Waals surface area contributed by atoms with Crippen molar-refractivity contribution in [2.24, 2.45) is 11.3 Å². The molecule has 1 saturated carbocycles. The van der Waals surface area contributed by atoms with Crippen molar-refractivity contribution in [1.29, 1.82) is 0 Å². The van der Waals surface area contributed by atoms with Gasteiger partial charge in [-0.15, -0.1) is 0 Å². The Morgan fingerprint density at radius 1 is 1.29 bits per heavy atom. The lowest BCUT2D eigenvalue weighted by atomic mass is 9.49. The standard InChI is InChI=1S/C20H25ClO3/c1-11(2)12-8-13-15(22)10-16-19(3,17(13)14(21)9-12)6-5-7-20(16,4)18(23)24/h8-9,11,16H,5-7,10H2,1-4H3,(H,23,24)/t16-,19+,20-/m1/s1. The molecule has 24 heavy (non-hydrogen) atoms. The second kappa shape index (κ2) is 5.59. The molecule has 130 valence electrons. The fraction of sp³-hybridized carbons (Fsp3) is 0.600. The van der Waals surface area contributed by atoms with Crippen molar-refractivity contribution in [3.63, 3.8) is 0 Å². The van der Waals surface area contributed by atoms with Crippen LogP contribution in [0.1, 0.15) is 80.8 Å². The molecule has 0 heterocycles. The van der Waals surface area contributed by atoms with Gasteiger partial charge in [0.1, 0.15) is 0 Å². The zero-order valence-electron chi connectivity index (χ0n) is 14.8. The summed E-state index contributed by atoms with van der Waals surface area (Å²) in [7, 11) is 0. The van der Waals surface area contributed by atoms with Crippen LogP contribution in [0.4, 0.5) is 0 Å². The first kappa shape index (κ1) is 17.5. The van der Waals surface area contributed by atoms with Crippen LogP contribution in [-0.4, -0.2) is 16.9 Å². The molecule has 0 spiro atoms. The maximum Gasteiger partial charge on any atom is 0.309 e. The van der Waals surface area contributed by atoms with Crippen LogP contribution in [0.5, 0.6) is 0 Å². The molecule has 2 aliphatic rings. The quantitative estimate of drug-likeness (QED) is 0.799. The molecule has 3 rings (SSSR count). The SMILES string of the molecule is CC(C)c1cc(Cl)c2c(c1)C(=O)C[C@H]1[C@](C)(C(=O)O)CCC[C@]21C. The average molecular weight is 349 g/mol. The zero-order chi connectivity index (χ0) is 17.9. The van der Waals surface area contributed by atoms with Crippen LogP contribution < -0.4 is 0 Å². The molecule has 0 aromatic heterocycles. The summed E-state index contributed by atoms with van der Waals surface area (Å²) in [4.78, 5) is 24.8. The first-order chi connectivity index (χ1) is 11.1. The van der Waals surface area contributed by atoms with Gasteiger partial charge in [0.2, 0.25) is 0 Å². The molecule has 1 aromatic rings. The predicted molar refractivity (Wildman–Crippen MR) is 94.9 cm³/mol. The van der Waals surface area contributed by atoms with E-state index in [9.17, 15) is 14.7 Å². The van der Waals surface area contributed by atoms with Crippen molar-refractivity contribution in [2.75, 3.05) is 0 Å². The number of Topliss-reactive ketones (excluding diaryl/α,β-unsaturated/α-hetero) is 1. The fourth-order valence-corrected chi connectivity index (χ4v) is 5.38. The topological polar surface area (TPSA) is 54.4 Å². The molecule has 0 radical (unpaired) electrons. The van der Waals surface area contributed by atoms with E-state index in [1.54, 1.807) is 6.92 Å². The normalized spacial score (nSPS) is 32.4. The van der Waals surface area contributed by atoms with Crippen LogP contribution >= 0.6 is 11.6 Å². The zero-order valence-corrected chi connectivity index (χ0v) is 15.5. The second-order valence-electron chi connectivity index (χ2n) is 8.25. The average Bonchev–Trinajstić information content (AvgIpc) is 2.49. The van der Waals surface area contributed by atoms with Crippen molar-refractivity contribution in [1.82, 2.24) is 0 Å². The summed E-state index contributed by atoms with van der Waals surface area (Å²) in [6, 6.07) is 3.93. The van der Waals surface area contributed by atoms with Crippen molar-refractivity contribution in [2.45, 2.75) is 64.7 Å².